The van der Waals surface area contributed by atoms with Crippen LogP contribution in [0.4, 0.5) is 0 Å². The molecule has 1 aromatic carbocycles. The number of quaternary nitrogens is 1. The predicted octanol–water partition coefficient (Wildman–Crippen LogP) is 2.22. The highest BCUT2D eigenvalue weighted by Crippen LogP contribution is 2.15. The number of hydrogen-bond donors (Lipinski definition) is 2. The average Bonchev–Trinajstić information content (AvgIpc) is 2.64. The van der Waals surface area contributed by atoms with Crippen LogP contribution in [-0.2, 0) is 20.7 Å². The molecule has 1 saturated heterocycles. The first-order chi connectivity index (χ1) is 12.1. The molecule has 0 radical (unpaired) electrons. The van der Waals surface area contributed by atoms with Crippen molar-refractivity contribution in [1.29, 1.82) is 0 Å². The maximum atomic E-state index is 11.7. The third kappa shape index (κ3) is 7.99. The molecule has 2 fully saturated rings. The number of esters is 1. The predicted molar refractivity (Wildman–Crippen MR) is 95.6 cm³/mol. The van der Waals surface area contributed by atoms with Crippen LogP contribution in [0.1, 0.15) is 56.9 Å². The van der Waals surface area contributed by atoms with E-state index in [0.29, 0.717) is 13.0 Å². The van der Waals surface area contributed by atoms with Gasteiger partial charge in [-0.3, -0.25) is 0 Å². The van der Waals surface area contributed by atoms with Crippen molar-refractivity contribution >= 4 is 5.97 Å². The van der Waals surface area contributed by atoms with Crippen molar-refractivity contribution in [1.82, 2.24) is 0 Å². The Labute approximate surface area is 150 Å². The molecule has 140 valence electrons. The van der Waals surface area contributed by atoms with Gasteiger partial charge in [0.2, 0.25) is 6.29 Å². The Morgan fingerprint density at radius 1 is 1.12 bits per heavy atom. The molecule has 0 aromatic heterocycles. The number of benzene rings is 1. The van der Waals surface area contributed by atoms with Gasteiger partial charge in [-0.1, -0.05) is 36.8 Å². The Balaban J connectivity index is 0.000000269. The van der Waals surface area contributed by atoms with Crippen molar-refractivity contribution in [2.45, 2.75) is 76.2 Å². The van der Waals surface area contributed by atoms with E-state index in [9.17, 15) is 9.90 Å². The number of rotatable bonds is 4. The van der Waals surface area contributed by atoms with Gasteiger partial charge in [0.25, 0.3) is 0 Å². The van der Waals surface area contributed by atoms with E-state index < -0.39 is 18.4 Å². The molecule has 1 aliphatic heterocycles. The van der Waals surface area contributed by atoms with Crippen LogP contribution in [0, 0.1) is 0 Å². The number of ether oxygens (including phenoxy) is 2. The Morgan fingerprint density at radius 2 is 1.80 bits per heavy atom. The zero-order valence-corrected chi connectivity index (χ0v) is 15.1. The van der Waals surface area contributed by atoms with Gasteiger partial charge in [-0.05, 0) is 44.1 Å². The first-order valence-corrected chi connectivity index (χ1v) is 9.52. The first kappa shape index (κ1) is 19.9. The molecular weight excluding hydrogens is 318 g/mol. The minimum atomic E-state index is -1.13. The monoisotopic (exact) mass is 350 g/mol. The summed E-state index contributed by atoms with van der Waals surface area (Å²) in [7, 11) is 0. The molecule has 25 heavy (non-hydrogen) atoms. The molecule has 5 heteroatoms. The third-order valence-electron chi connectivity index (χ3n) is 4.65. The van der Waals surface area contributed by atoms with Crippen molar-refractivity contribution < 1.29 is 25.1 Å². The Bertz CT molecular complexity index is 482. The molecule has 1 aliphatic carbocycles. The molecule has 4 N–H and O–H groups in total. The van der Waals surface area contributed by atoms with Crippen LogP contribution in [0.5, 0.6) is 0 Å². The smallest absolute Gasteiger partial charge is 0.337 e. The van der Waals surface area contributed by atoms with Crippen molar-refractivity contribution in [2.75, 3.05) is 6.61 Å². The van der Waals surface area contributed by atoms with Gasteiger partial charge in [0.15, 0.2) is 6.10 Å². The Kier molecular flexibility index (Phi) is 8.94. The maximum absolute atomic E-state index is 11.7. The number of aliphatic hydroxyl groups is 1. The molecular formula is C20H32NO4+. The minimum absolute atomic E-state index is 0.270. The quantitative estimate of drug-likeness (QED) is 0.816. The number of carbonyl (C=O) groups is 1. The normalized spacial score (nSPS) is 22.4. The maximum Gasteiger partial charge on any atom is 0.337 e. The Morgan fingerprint density at radius 3 is 2.36 bits per heavy atom. The van der Waals surface area contributed by atoms with Crippen LogP contribution in [0.2, 0.25) is 0 Å². The van der Waals surface area contributed by atoms with Crippen LogP contribution in [0.3, 0.4) is 0 Å². The van der Waals surface area contributed by atoms with Crippen LogP contribution >= 0.6 is 0 Å². The van der Waals surface area contributed by atoms with Gasteiger partial charge in [0, 0.05) is 12.8 Å². The molecule has 2 atom stereocenters. The van der Waals surface area contributed by atoms with Gasteiger partial charge in [0.05, 0.1) is 12.6 Å². The number of hydrogen-bond acceptors (Lipinski definition) is 4. The van der Waals surface area contributed by atoms with Gasteiger partial charge in [-0.15, -0.1) is 0 Å². The Hall–Kier alpha value is -1.43. The standard InChI is InChI=1S/C14H18O4.C6H13N/c15-12(10-11-6-2-1-3-7-11)14(16)18-13-8-4-5-9-17-13;7-6-4-2-1-3-5-6/h1-3,6-7,12-13,15H,4-5,8-10H2;6H,1-5,7H2/p+1/t12-,13?;/m1./s1. The third-order valence-corrected chi connectivity index (χ3v) is 4.65. The van der Waals surface area contributed by atoms with Crippen molar-refractivity contribution in [3.05, 3.63) is 35.9 Å². The largest absolute Gasteiger partial charge is 0.434 e. The average molecular weight is 350 g/mol. The van der Waals surface area contributed by atoms with Crippen LogP contribution in [0.25, 0.3) is 0 Å². The summed E-state index contributed by atoms with van der Waals surface area (Å²) >= 11 is 0. The second kappa shape index (κ2) is 11.2. The highest BCUT2D eigenvalue weighted by molar-refractivity contribution is 5.74. The van der Waals surface area contributed by atoms with Crippen LogP contribution < -0.4 is 5.73 Å². The highest BCUT2D eigenvalue weighted by Gasteiger charge is 2.23. The zero-order valence-electron chi connectivity index (χ0n) is 15.1. The SMILES string of the molecule is O=C(OC1CCCCO1)[C@H](O)Cc1ccccc1.[NH3+]C1CCCCC1. The summed E-state index contributed by atoms with van der Waals surface area (Å²) in [6.45, 7) is 0.618. The van der Waals surface area contributed by atoms with E-state index in [-0.39, 0.29) is 6.42 Å². The van der Waals surface area contributed by atoms with Gasteiger partial charge in [0.1, 0.15) is 0 Å². The molecule has 1 aromatic rings. The fraction of sp³-hybridized carbons (Fsp3) is 0.650. The summed E-state index contributed by atoms with van der Waals surface area (Å²) in [6.07, 6.45) is 8.41. The summed E-state index contributed by atoms with van der Waals surface area (Å²) < 4.78 is 10.4. The second-order valence-electron chi connectivity index (χ2n) is 6.94. The molecule has 0 spiro atoms. The lowest BCUT2D eigenvalue weighted by atomic mass is 9.97. The molecule has 5 nitrogen and oxygen atoms in total. The molecule has 2 aliphatic rings. The molecule has 3 rings (SSSR count). The lowest BCUT2D eigenvalue weighted by molar-refractivity contribution is -0.425. The lowest BCUT2D eigenvalue weighted by Gasteiger charge is -2.23. The molecule has 0 bridgehead atoms. The summed E-state index contributed by atoms with van der Waals surface area (Å²) in [6, 6.07) is 10.2. The van der Waals surface area contributed by atoms with Gasteiger partial charge < -0.3 is 20.3 Å². The summed E-state index contributed by atoms with van der Waals surface area (Å²) in [5, 5.41) is 9.77. The van der Waals surface area contributed by atoms with E-state index in [1.165, 1.54) is 32.1 Å². The number of aliphatic hydroxyl groups excluding tert-OH is 1. The summed E-state index contributed by atoms with van der Waals surface area (Å²) in [5.41, 5.74) is 4.91. The van der Waals surface area contributed by atoms with Crippen molar-refractivity contribution in [3.8, 4) is 0 Å². The molecule has 1 saturated carbocycles. The topological polar surface area (TPSA) is 83.4 Å². The van der Waals surface area contributed by atoms with E-state index >= 15 is 0 Å². The molecule has 0 amide bonds. The first-order valence-electron chi connectivity index (χ1n) is 9.52. The van der Waals surface area contributed by atoms with E-state index in [0.717, 1.165) is 24.4 Å². The molecule has 1 heterocycles. The minimum Gasteiger partial charge on any atom is -0.434 e. The number of carbonyl (C=O) groups excluding carboxylic acids is 1. The van der Waals surface area contributed by atoms with Gasteiger partial charge in [-0.25, -0.2) is 4.79 Å². The van der Waals surface area contributed by atoms with Crippen LogP contribution in [0.15, 0.2) is 30.3 Å². The lowest BCUT2D eigenvalue weighted by Crippen LogP contribution is -2.61. The summed E-state index contributed by atoms with van der Waals surface area (Å²) in [5.74, 6) is -0.606. The summed E-state index contributed by atoms with van der Waals surface area (Å²) in [4.78, 5) is 11.7. The fourth-order valence-electron chi connectivity index (χ4n) is 3.12. The highest BCUT2D eigenvalue weighted by atomic mass is 16.7. The van der Waals surface area contributed by atoms with E-state index in [2.05, 4.69) is 5.73 Å². The molecule has 1 unspecified atom stereocenters. The van der Waals surface area contributed by atoms with Gasteiger partial charge in [-0.2, -0.15) is 0 Å². The second-order valence-corrected chi connectivity index (χ2v) is 6.94. The van der Waals surface area contributed by atoms with Gasteiger partial charge >= 0.3 is 5.97 Å². The van der Waals surface area contributed by atoms with Crippen LogP contribution in [-0.4, -0.2) is 36.1 Å². The fourth-order valence-corrected chi connectivity index (χ4v) is 3.12. The van der Waals surface area contributed by atoms with Crippen molar-refractivity contribution in [3.63, 3.8) is 0 Å². The van der Waals surface area contributed by atoms with Crippen molar-refractivity contribution in [2.24, 2.45) is 0 Å². The van der Waals surface area contributed by atoms with E-state index in [1.54, 1.807) is 0 Å². The zero-order chi connectivity index (χ0) is 17.9. The van der Waals surface area contributed by atoms with E-state index in [4.69, 9.17) is 9.47 Å². The van der Waals surface area contributed by atoms with E-state index in [1.807, 2.05) is 30.3 Å².